The van der Waals surface area contributed by atoms with Crippen molar-refractivity contribution in [2.45, 2.75) is 51.3 Å². The van der Waals surface area contributed by atoms with Gasteiger partial charge in [-0.3, -0.25) is 0 Å². The summed E-state index contributed by atoms with van der Waals surface area (Å²) < 4.78 is 10.4. The first-order chi connectivity index (χ1) is 6.16. The molecule has 0 aliphatic carbocycles. The lowest BCUT2D eigenvalue weighted by atomic mass is 10.1. The van der Waals surface area contributed by atoms with Crippen molar-refractivity contribution in [3.05, 3.63) is 0 Å². The summed E-state index contributed by atoms with van der Waals surface area (Å²) in [6, 6.07) is 0. The Kier molecular flexibility index (Phi) is 4.12. The molecule has 1 unspecified atom stereocenters. The van der Waals surface area contributed by atoms with Crippen LogP contribution < -0.4 is 0 Å². The molecule has 0 aromatic carbocycles. The first kappa shape index (κ1) is 10.9. The van der Waals surface area contributed by atoms with Gasteiger partial charge in [0.25, 0.3) is 0 Å². The van der Waals surface area contributed by atoms with Crippen LogP contribution in [0.15, 0.2) is 0 Å². The Morgan fingerprint density at radius 3 is 2.54 bits per heavy atom. The summed E-state index contributed by atoms with van der Waals surface area (Å²) in [5, 5.41) is 18.6. The highest BCUT2D eigenvalue weighted by molar-refractivity contribution is 4.84. The van der Waals surface area contributed by atoms with E-state index in [0.717, 1.165) is 12.8 Å². The highest BCUT2D eigenvalue weighted by Crippen LogP contribution is 2.22. The quantitative estimate of drug-likeness (QED) is 0.625. The second kappa shape index (κ2) is 4.91. The van der Waals surface area contributed by atoms with Crippen LogP contribution in [0.2, 0.25) is 0 Å². The van der Waals surface area contributed by atoms with Crippen LogP contribution in [-0.4, -0.2) is 41.4 Å². The third kappa shape index (κ3) is 2.64. The molecular formula is C9H18O4. The number of ether oxygens (including phenoxy) is 2. The maximum absolute atomic E-state index is 9.43. The van der Waals surface area contributed by atoms with E-state index in [2.05, 4.69) is 6.92 Å². The molecule has 0 saturated carbocycles. The Labute approximate surface area is 78.5 Å². The molecule has 0 radical (unpaired) electrons. The number of rotatable bonds is 4. The van der Waals surface area contributed by atoms with Crippen LogP contribution in [0.4, 0.5) is 0 Å². The molecule has 13 heavy (non-hydrogen) atoms. The Morgan fingerprint density at radius 1 is 1.38 bits per heavy atom. The van der Waals surface area contributed by atoms with E-state index in [0.29, 0.717) is 6.61 Å². The minimum absolute atomic E-state index is 0.234. The van der Waals surface area contributed by atoms with Gasteiger partial charge in [0.2, 0.25) is 0 Å². The molecule has 0 bridgehead atoms. The number of aliphatic hydroxyl groups is 2. The Morgan fingerprint density at radius 2 is 2.08 bits per heavy atom. The molecule has 1 fully saturated rings. The smallest absolute Gasteiger partial charge is 0.183 e. The molecule has 4 heteroatoms. The minimum atomic E-state index is -1.10. The lowest BCUT2D eigenvalue weighted by Gasteiger charge is -2.17. The predicted octanol–water partition coefficient (Wildman–Crippen LogP) is 0.270. The summed E-state index contributed by atoms with van der Waals surface area (Å²) in [5.74, 6) is 0. The summed E-state index contributed by atoms with van der Waals surface area (Å²) in [6.07, 6.45) is -0.607. The molecule has 0 amide bonds. The second-order valence-electron chi connectivity index (χ2n) is 3.41. The van der Waals surface area contributed by atoms with Gasteiger partial charge in [0.1, 0.15) is 12.2 Å². The molecule has 4 atom stereocenters. The summed E-state index contributed by atoms with van der Waals surface area (Å²) in [5.41, 5.74) is 0. The van der Waals surface area contributed by atoms with Gasteiger partial charge in [-0.15, -0.1) is 0 Å². The molecule has 0 spiro atoms. The summed E-state index contributed by atoms with van der Waals surface area (Å²) in [6.45, 7) is 4.47. The first-order valence-corrected chi connectivity index (χ1v) is 4.80. The van der Waals surface area contributed by atoms with E-state index in [1.54, 1.807) is 6.92 Å². The van der Waals surface area contributed by atoms with Crippen molar-refractivity contribution in [1.82, 2.24) is 0 Å². The molecule has 1 heterocycles. The lowest BCUT2D eigenvalue weighted by molar-refractivity contribution is -0.124. The average Bonchev–Trinajstić information content (AvgIpc) is 2.32. The van der Waals surface area contributed by atoms with Gasteiger partial charge >= 0.3 is 0 Å². The van der Waals surface area contributed by atoms with Crippen LogP contribution in [0.5, 0.6) is 0 Å². The Bertz CT molecular complexity index is 151. The molecule has 78 valence electrons. The van der Waals surface area contributed by atoms with Crippen LogP contribution in [0, 0.1) is 0 Å². The number of hydrogen-bond acceptors (Lipinski definition) is 4. The molecule has 0 aromatic heterocycles. The largest absolute Gasteiger partial charge is 0.385 e. The Hall–Kier alpha value is -0.160. The van der Waals surface area contributed by atoms with E-state index in [9.17, 15) is 5.11 Å². The zero-order chi connectivity index (χ0) is 9.84. The minimum Gasteiger partial charge on any atom is -0.385 e. The van der Waals surface area contributed by atoms with E-state index in [1.807, 2.05) is 0 Å². The van der Waals surface area contributed by atoms with E-state index in [1.165, 1.54) is 0 Å². The zero-order valence-corrected chi connectivity index (χ0v) is 8.14. The van der Waals surface area contributed by atoms with E-state index >= 15 is 0 Å². The first-order valence-electron chi connectivity index (χ1n) is 4.80. The lowest BCUT2D eigenvalue weighted by Crippen LogP contribution is -2.34. The highest BCUT2D eigenvalue weighted by Gasteiger charge is 2.40. The van der Waals surface area contributed by atoms with Crippen molar-refractivity contribution >= 4 is 0 Å². The Balaban J connectivity index is 2.31. The molecule has 0 aromatic rings. The molecule has 4 nitrogen and oxygen atoms in total. The van der Waals surface area contributed by atoms with Crippen LogP contribution in [-0.2, 0) is 9.47 Å². The standard InChI is InChI=1S/C9H18O4/c1-3-4-5-12-8-6(2)13-9(11)7(8)10/h6-11H,3-5H2,1-2H3/t6-,7?,8-,9-/m1/s1. The predicted molar refractivity (Wildman–Crippen MR) is 47.2 cm³/mol. The van der Waals surface area contributed by atoms with Crippen molar-refractivity contribution in [1.29, 1.82) is 0 Å². The van der Waals surface area contributed by atoms with Gasteiger partial charge in [0, 0.05) is 6.61 Å². The number of hydrogen-bond donors (Lipinski definition) is 2. The van der Waals surface area contributed by atoms with Crippen LogP contribution in [0.25, 0.3) is 0 Å². The normalized spacial score (nSPS) is 39.7. The highest BCUT2D eigenvalue weighted by atomic mass is 16.7. The fraction of sp³-hybridized carbons (Fsp3) is 1.00. The molecule has 2 N–H and O–H groups in total. The maximum Gasteiger partial charge on any atom is 0.183 e. The van der Waals surface area contributed by atoms with Crippen LogP contribution in [0.1, 0.15) is 26.7 Å². The molecule has 1 saturated heterocycles. The fourth-order valence-electron chi connectivity index (χ4n) is 1.42. The maximum atomic E-state index is 9.43. The van der Waals surface area contributed by atoms with Gasteiger partial charge in [-0.2, -0.15) is 0 Å². The zero-order valence-electron chi connectivity index (χ0n) is 8.14. The molecule has 1 aliphatic heterocycles. The van der Waals surface area contributed by atoms with E-state index < -0.39 is 12.4 Å². The van der Waals surface area contributed by atoms with Crippen molar-refractivity contribution in [2.75, 3.05) is 6.61 Å². The van der Waals surface area contributed by atoms with Crippen molar-refractivity contribution in [2.24, 2.45) is 0 Å². The van der Waals surface area contributed by atoms with Crippen LogP contribution in [0.3, 0.4) is 0 Å². The van der Waals surface area contributed by atoms with Gasteiger partial charge in [0.15, 0.2) is 6.29 Å². The summed E-state index contributed by atoms with van der Waals surface area (Å²) >= 11 is 0. The topological polar surface area (TPSA) is 58.9 Å². The monoisotopic (exact) mass is 190 g/mol. The van der Waals surface area contributed by atoms with Gasteiger partial charge in [0.05, 0.1) is 6.10 Å². The summed E-state index contributed by atoms with van der Waals surface area (Å²) in [4.78, 5) is 0. The third-order valence-electron chi connectivity index (χ3n) is 2.25. The van der Waals surface area contributed by atoms with Gasteiger partial charge in [-0.25, -0.2) is 0 Å². The van der Waals surface area contributed by atoms with E-state index in [4.69, 9.17) is 14.6 Å². The summed E-state index contributed by atoms with van der Waals surface area (Å²) in [7, 11) is 0. The second-order valence-corrected chi connectivity index (χ2v) is 3.41. The molecule has 1 rings (SSSR count). The van der Waals surface area contributed by atoms with E-state index in [-0.39, 0.29) is 12.2 Å². The van der Waals surface area contributed by atoms with Crippen molar-refractivity contribution in [3.63, 3.8) is 0 Å². The fourth-order valence-corrected chi connectivity index (χ4v) is 1.42. The van der Waals surface area contributed by atoms with Gasteiger partial charge in [-0.1, -0.05) is 13.3 Å². The average molecular weight is 190 g/mol. The van der Waals surface area contributed by atoms with Gasteiger partial charge < -0.3 is 19.7 Å². The number of aliphatic hydroxyl groups excluding tert-OH is 2. The third-order valence-corrected chi connectivity index (χ3v) is 2.25. The van der Waals surface area contributed by atoms with Crippen molar-refractivity contribution in [3.8, 4) is 0 Å². The van der Waals surface area contributed by atoms with Crippen molar-refractivity contribution < 1.29 is 19.7 Å². The SMILES string of the molecule is CCCCO[C@H]1C(O)[C@H](O)O[C@@H]1C. The number of unbranched alkanes of at least 4 members (excludes halogenated alkanes) is 1. The molecular weight excluding hydrogens is 172 g/mol. The van der Waals surface area contributed by atoms with Crippen LogP contribution >= 0.6 is 0 Å². The molecule has 1 aliphatic rings. The van der Waals surface area contributed by atoms with Gasteiger partial charge in [-0.05, 0) is 13.3 Å².